The molecule has 1 aliphatic rings. The number of anilines is 1. The molecular formula is C16H17ClN4O2S. The molecule has 0 radical (unpaired) electrons. The molecule has 0 spiro atoms. The molecule has 0 aliphatic carbocycles. The van der Waals surface area contributed by atoms with Gasteiger partial charge in [0.1, 0.15) is 5.01 Å². The first-order valence-corrected chi connectivity index (χ1v) is 8.88. The number of carbonyl (C=O) groups is 2. The van der Waals surface area contributed by atoms with Crippen LogP contribution in [0.25, 0.3) is 0 Å². The number of nitrogens with zero attached hydrogens (tertiary/aromatic N) is 3. The van der Waals surface area contributed by atoms with Gasteiger partial charge < -0.3 is 10.2 Å². The van der Waals surface area contributed by atoms with Gasteiger partial charge in [-0.3, -0.25) is 9.59 Å². The van der Waals surface area contributed by atoms with Crippen LogP contribution in [-0.2, 0) is 4.79 Å². The molecule has 1 atom stereocenters. The van der Waals surface area contributed by atoms with Crippen molar-refractivity contribution in [3.05, 3.63) is 39.9 Å². The van der Waals surface area contributed by atoms with Crippen LogP contribution >= 0.6 is 22.9 Å². The van der Waals surface area contributed by atoms with E-state index in [2.05, 4.69) is 15.5 Å². The molecule has 0 bridgehead atoms. The standard InChI is InChI=1S/C16H17ClN4O2S/c1-10-19-20-16(24-10)18-14(22)12-3-2-8-21(9-12)15(23)11-4-6-13(17)7-5-11/h4-7,12H,2-3,8-9H2,1H3,(H,18,20,22)/t12-/m0/s1. The largest absolute Gasteiger partial charge is 0.338 e. The summed E-state index contributed by atoms with van der Waals surface area (Å²) in [5, 5.41) is 12.5. The Bertz CT molecular complexity index is 747. The van der Waals surface area contributed by atoms with Crippen molar-refractivity contribution in [3.63, 3.8) is 0 Å². The molecule has 24 heavy (non-hydrogen) atoms. The molecular weight excluding hydrogens is 348 g/mol. The Hall–Kier alpha value is -1.99. The van der Waals surface area contributed by atoms with Crippen LogP contribution in [-0.4, -0.2) is 40.0 Å². The fourth-order valence-corrected chi connectivity index (χ4v) is 3.43. The van der Waals surface area contributed by atoms with E-state index in [0.29, 0.717) is 28.8 Å². The number of piperidine rings is 1. The minimum absolute atomic E-state index is 0.0732. The van der Waals surface area contributed by atoms with Gasteiger partial charge in [-0.05, 0) is 44.0 Å². The smallest absolute Gasteiger partial charge is 0.253 e. The lowest BCUT2D eigenvalue weighted by Crippen LogP contribution is -2.43. The van der Waals surface area contributed by atoms with Crippen molar-refractivity contribution in [3.8, 4) is 0 Å². The van der Waals surface area contributed by atoms with Crippen molar-refractivity contribution in [1.29, 1.82) is 0 Å². The number of halogens is 1. The Labute approximate surface area is 148 Å². The van der Waals surface area contributed by atoms with Gasteiger partial charge in [-0.2, -0.15) is 0 Å². The first-order valence-electron chi connectivity index (χ1n) is 7.69. The number of carbonyl (C=O) groups excluding carboxylic acids is 2. The molecule has 1 aliphatic heterocycles. The minimum Gasteiger partial charge on any atom is -0.338 e. The molecule has 1 aromatic carbocycles. The zero-order valence-corrected chi connectivity index (χ0v) is 14.7. The zero-order chi connectivity index (χ0) is 17.1. The number of aryl methyl sites for hydroxylation is 1. The van der Waals surface area contributed by atoms with E-state index in [0.717, 1.165) is 17.8 Å². The topological polar surface area (TPSA) is 75.2 Å². The van der Waals surface area contributed by atoms with Crippen molar-refractivity contribution >= 4 is 39.9 Å². The average molecular weight is 365 g/mol. The molecule has 126 valence electrons. The van der Waals surface area contributed by atoms with Crippen LogP contribution in [0, 0.1) is 12.8 Å². The molecule has 2 heterocycles. The van der Waals surface area contributed by atoms with Crippen LogP contribution < -0.4 is 5.32 Å². The summed E-state index contributed by atoms with van der Waals surface area (Å²) in [6.45, 7) is 2.90. The minimum atomic E-state index is -0.237. The van der Waals surface area contributed by atoms with Gasteiger partial charge in [-0.25, -0.2) is 0 Å². The summed E-state index contributed by atoms with van der Waals surface area (Å²) in [5.74, 6) is -0.421. The van der Waals surface area contributed by atoms with E-state index in [9.17, 15) is 9.59 Å². The summed E-state index contributed by atoms with van der Waals surface area (Å²) in [6.07, 6.45) is 1.56. The number of amides is 2. The van der Waals surface area contributed by atoms with Crippen LogP contribution in [0.4, 0.5) is 5.13 Å². The van der Waals surface area contributed by atoms with E-state index in [4.69, 9.17) is 11.6 Å². The Morgan fingerprint density at radius 3 is 2.71 bits per heavy atom. The number of rotatable bonds is 3. The molecule has 0 unspecified atom stereocenters. The Balaban J connectivity index is 1.64. The Morgan fingerprint density at radius 2 is 2.04 bits per heavy atom. The Kier molecular flexibility index (Phi) is 5.11. The highest BCUT2D eigenvalue weighted by molar-refractivity contribution is 7.15. The second kappa shape index (κ2) is 7.27. The van der Waals surface area contributed by atoms with Crippen LogP contribution in [0.1, 0.15) is 28.2 Å². The SMILES string of the molecule is Cc1nnc(NC(=O)[C@H]2CCCN(C(=O)c3ccc(Cl)cc3)C2)s1. The molecule has 2 aromatic rings. The summed E-state index contributed by atoms with van der Waals surface area (Å²) in [7, 11) is 0. The van der Waals surface area contributed by atoms with E-state index < -0.39 is 0 Å². The second-order valence-electron chi connectivity index (χ2n) is 5.71. The van der Waals surface area contributed by atoms with Gasteiger partial charge >= 0.3 is 0 Å². The van der Waals surface area contributed by atoms with Crippen molar-refractivity contribution in [2.24, 2.45) is 5.92 Å². The maximum Gasteiger partial charge on any atom is 0.253 e. The summed E-state index contributed by atoms with van der Waals surface area (Å²) in [4.78, 5) is 26.7. The maximum absolute atomic E-state index is 12.6. The molecule has 1 saturated heterocycles. The molecule has 1 fully saturated rings. The predicted molar refractivity (Wildman–Crippen MR) is 93.4 cm³/mol. The summed E-state index contributed by atoms with van der Waals surface area (Å²) >= 11 is 7.20. The van der Waals surface area contributed by atoms with Gasteiger partial charge in [0.05, 0.1) is 5.92 Å². The molecule has 1 aromatic heterocycles. The number of benzene rings is 1. The van der Waals surface area contributed by atoms with Gasteiger partial charge in [-0.15, -0.1) is 10.2 Å². The lowest BCUT2D eigenvalue weighted by atomic mass is 9.96. The molecule has 8 heteroatoms. The second-order valence-corrected chi connectivity index (χ2v) is 7.33. The monoisotopic (exact) mass is 364 g/mol. The van der Waals surface area contributed by atoms with Crippen molar-refractivity contribution in [1.82, 2.24) is 15.1 Å². The zero-order valence-electron chi connectivity index (χ0n) is 13.2. The first-order chi connectivity index (χ1) is 11.5. The number of aromatic nitrogens is 2. The summed E-state index contributed by atoms with van der Waals surface area (Å²) < 4.78 is 0. The fourth-order valence-electron chi connectivity index (χ4n) is 2.71. The number of hydrogen-bond acceptors (Lipinski definition) is 5. The van der Waals surface area contributed by atoms with Gasteiger partial charge in [0.2, 0.25) is 11.0 Å². The summed E-state index contributed by atoms with van der Waals surface area (Å²) in [6, 6.07) is 6.80. The molecule has 3 rings (SSSR count). The highest BCUT2D eigenvalue weighted by Crippen LogP contribution is 2.22. The average Bonchev–Trinajstić information content (AvgIpc) is 3.00. The van der Waals surface area contributed by atoms with Crippen molar-refractivity contribution in [2.75, 3.05) is 18.4 Å². The number of nitrogens with one attached hydrogen (secondary N) is 1. The molecule has 1 N–H and O–H groups in total. The van der Waals surface area contributed by atoms with Crippen LogP contribution in [0.5, 0.6) is 0 Å². The van der Waals surface area contributed by atoms with Crippen LogP contribution in [0.15, 0.2) is 24.3 Å². The first kappa shape index (κ1) is 16.9. The third-order valence-electron chi connectivity index (χ3n) is 3.93. The van der Waals surface area contributed by atoms with Gasteiger partial charge in [0.25, 0.3) is 5.91 Å². The number of likely N-dealkylation sites (tertiary alicyclic amines) is 1. The third-order valence-corrected chi connectivity index (χ3v) is 4.93. The van der Waals surface area contributed by atoms with E-state index >= 15 is 0 Å². The van der Waals surface area contributed by atoms with E-state index in [1.807, 2.05) is 6.92 Å². The molecule has 0 saturated carbocycles. The lowest BCUT2D eigenvalue weighted by Gasteiger charge is -2.32. The van der Waals surface area contributed by atoms with Crippen molar-refractivity contribution in [2.45, 2.75) is 19.8 Å². The van der Waals surface area contributed by atoms with Crippen molar-refractivity contribution < 1.29 is 9.59 Å². The molecule has 2 amide bonds. The van der Waals surface area contributed by atoms with Crippen LogP contribution in [0.3, 0.4) is 0 Å². The summed E-state index contributed by atoms with van der Waals surface area (Å²) in [5.41, 5.74) is 0.584. The third kappa shape index (κ3) is 3.91. The molecule has 6 nitrogen and oxygen atoms in total. The highest BCUT2D eigenvalue weighted by Gasteiger charge is 2.29. The highest BCUT2D eigenvalue weighted by atomic mass is 35.5. The van der Waals surface area contributed by atoms with Gasteiger partial charge in [-0.1, -0.05) is 22.9 Å². The van der Waals surface area contributed by atoms with Gasteiger partial charge in [0, 0.05) is 23.7 Å². The fraction of sp³-hybridized carbons (Fsp3) is 0.375. The lowest BCUT2D eigenvalue weighted by molar-refractivity contribution is -0.121. The van der Waals surface area contributed by atoms with E-state index in [1.54, 1.807) is 29.2 Å². The Morgan fingerprint density at radius 1 is 1.29 bits per heavy atom. The normalized spacial score (nSPS) is 17.6. The van der Waals surface area contributed by atoms with Crippen LogP contribution in [0.2, 0.25) is 5.02 Å². The van der Waals surface area contributed by atoms with E-state index in [-0.39, 0.29) is 17.7 Å². The van der Waals surface area contributed by atoms with Gasteiger partial charge in [0.15, 0.2) is 0 Å². The predicted octanol–water partition coefficient (Wildman–Crippen LogP) is 2.99. The van der Waals surface area contributed by atoms with E-state index in [1.165, 1.54) is 11.3 Å². The maximum atomic E-state index is 12.6. The number of hydrogen-bond donors (Lipinski definition) is 1. The quantitative estimate of drug-likeness (QED) is 0.908.